The number of benzene rings is 2. The maximum Gasteiger partial charge on any atom is 0.433 e. The zero-order chi connectivity index (χ0) is 25.2. The van der Waals surface area contributed by atoms with Crippen LogP contribution in [0.15, 0.2) is 54.6 Å². The number of carboxylic acid groups (broad SMARTS) is 1. The minimum Gasteiger partial charge on any atom is -0.487 e. The van der Waals surface area contributed by atoms with Gasteiger partial charge < -0.3 is 20.1 Å². The molecule has 11 heteroatoms. The predicted molar refractivity (Wildman–Crippen MR) is 120 cm³/mol. The number of halogens is 3. The van der Waals surface area contributed by atoms with Crippen molar-refractivity contribution < 1.29 is 32.6 Å². The van der Waals surface area contributed by atoms with E-state index in [1.165, 1.54) is 24.1 Å². The van der Waals surface area contributed by atoms with Gasteiger partial charge in [-0.25, -0.2) is 4.68 Å². The molecule has 3 aromatic rings. The monoisotopic (exact) mass is 488 g/mol. The van der Waals surface area contributed by atoms with Gasteiger partial charge in [-0.1, -0.05) is 18.2 Å². The largest absolute Gasteiger partial charge is 0.487 e. The smallest absolute Gasteiger partial charge is 0.433 e. The van der Waals surface area contributed by atoms with E-state index in [1.807, 2.05) is 0 Å². The third-order valence-electron chi connectivity index (χ3n) is 5.68. The molecule has 1 amide bonds. The van der Waals surface area contributed by atoms with Gasteiger partial charge in [0.1, 0.15) is 23.7 Å². The van der Waals surface area contributed by atoms with E-state index >= 15 is 0 Å². The molecule has 0 saturated heterocycles. The van der Waals surface area contributed by atoms with Crippen molar-refractivity contribution in [2.45, 2.75) is 31.7 Å². The molecule has 2 N–H and O–H groups in total. The van der Waals surface area contributed by atoms with E-state index in [1.54, 1.807) is 36.4 Å². The van der Waals surface area contributed by atoms with Crippen molar-refractivity contribution in [2.24, 2.45) is 0 Å². The van der Waals surface area contributed by atoms with Crippen LogP contribution in [0.3, 0.4) is 0 Å². The fourth-order valence-electron chi connectivity index (χ4n) is 4.00. The normalized spacial score (nSPS) is 14.0. The van der Waals surface area contributed by atoms with Crippen LogP contribution in [-0.4, -0.2) is 46.4 Å². The number of aliphatic carboxylic acids is 1. The summed E-state index contributed by atoms with van der Waals surface area (Å²) >= 11 is 0. The third kappa shape index (κ3) is 5.29. The number of hydrogen-bond donors (Lipinski definition) is 2. The topological polar surface area (TPSA) is 96.7 Å². The summed E-state index contributed by atoms with van der Waals surface area (Å²) in [4.78, 5) is 25.3. The lowest BCUT2D eigenvalue weighted by atomic mass is 10.1. The van der Waals surface area contributed by atoms with Crippen LogP contribution in [0.1, 0.15) is 23.4 Å². The second-order valence-electron chi connectivity index (χ2n) is 8.02. The summed E-state index contributed by atoms with van der Waals surface area (Å²) in [5.74, 6) is -0.991. The molecule has 1 aliphatic rings. The van der Waals surface area contributed by atoms with Gasteiger partial charge in [-0.3, -0.25) is 9.59 Å². The highest BCUT2D eigenvalue weighted by Gasteiger charge is 2.36. The predicted octanol–water partition coefficient (Wildman–Crippen LogP) is 3.42. The third-order valence-corrected chi connectivity index (χ3v) is 5.68. The van der Waals surface area contributed by atoms with Crippen LogP contribution < -0.4 is 15.0 Å². The number of carbonyl (C=O) groups is 2. The van der Waals surface area contributed by atoms with Crippen molar-refractivity contribution >= 4 is 17.6 Å². The Balaban J connectivity index is 1.49. The van der Waals surface area contributed by atoms with Gasteiger partial charge in [0.25, 0.3) is 0 Å². The van der Waals surface area contributed by atoms with Crippen molar-refractivity contribution in [1.82, 2.24) is 15.1 Å². The number of alkyl halides is 3. The first kappa shape index (κ1) is 24.3. The minimum absolute atomic E-state index is 0.115. The Labute approximate surface area is 198 Å². The molecule has 8 nitrogen and oxygen atoms in total. The number of carbonyl (C=O) groups excluding carboxylic acids is 1. The number of hydrogen-bond acceptors (Lipinski definition) is 5. The molecule has 1 aromatic heterocycles. The Hall–Kier alpha value is -3.86. The molecule has 35 heavy (non-hydrogen) atoms. The first-order chi connectivity index (χ1) is 16.7. The molecule has 0 bridgehead atoms. The molecule has 0 aliphatic carbocycles. The molecule has 2 aromatic carbocycles. The standard InChI is InChI=1S/C24H23F3N4O4/c1-28-19(13-22(32)33)23(34)30-10-9-15-11-18(7-8-20(15)30)35-14-16-12-21(24(25,26)27)31(29-16)17-5-3-2-4-6-17/h2-8,11-12,19,28H,9-10,13-14H2,1H3,(H,32,33). The van der Waals surface area contributed by atoms with Crippen LogP contribution >= 0.6 is 0 Å². The lowest BCUT2D eigenvalue weighted by Gasteiger charge is -2.23. The second kappa shape index (κ2) is 9.79. The molecular formula is C24H23F3N4O4. The average Bonchev–Trinajstić information content (AvgIpc) is 3.45. The van der Waals surface area contributed by atoms with Gasteiger partial charge in [-0.2, -0.15) is 18.3 Å². The Kier molecular flexibility index (Phi) is 6.79. The van der Waals surface area contributed by atoms with Gasteiger partial charge in [0, 0.05) is 12.2 Å². The van der Waals surface area contributed by atoms with Crippen LogP contribution in [0.5, 0.6) is 5.75 Å². The van der Waals surface area contributed by atoms with Crippen molar-refractivity contribution in [3.63, 3.8) is 0 Å². The summed E-state index contributed by atoms with van der Waals surface area (Å²) in [6.07, 6.45) is -4.38. The fraction of sp³-hybridized carbons (Fsp3) is 0.292. The molecule has 1 aliphatic heterocycles. The average molecular weight is 488 g/mol. The number of amides is 1. The first-order valence-corrected chi connectivity index (χ1v) is 10.8. The lowest BCUT2D eigenvalue weighted by molar-refractivity contribution is -0.143. The number of carboxylic acids is 1. The Morgan fingerprint density at radius 2 is 1.91 bits per heavy atom. The highest BCUT2D eigenvalue weighted by molar-refractivity contribution is 6.00. The summed E-state index contributed by atoms with van der Waals surface area (Å²) in [6.45, 7) is 0.219. The summed E-state index contributed by atoms with van der Waals surface area (Å²) < 4.78 is 47.2. The fourth-order valence-corrected chi connectivity index (χ4v) is 4.00. The molecule has 0 saturated carbocycles. The number of rotatable bonds is 8. The molecule has 184 valence electrons. The Morgan fingerprint density at radius 3 is 2.57 bits per heavy atom. The van der Waals surface area contributed by atoms with E-state index in [-0.39, 0.29) is 30.3 Å². The molecule has 4 rings (SSSR count). The van der Waals surface area contributed by atoms with E-state index < -0.39 is 23.9 Å². The second-order valence-corrected chi connectivity index (χ2v) is 8.02. The van der Waals surface area contributed by atoms with E-state index in [0.29, 0.717) is 24.4 Å². The summed E-state index contributed by atoms with van der Waals surface area (Å²) in [5.41, 5.74) is 0.985. The minimum atomic E-state index is -4.59. The lowest BCUT2D eigenvalue weighted by Crippen LogP contribution is -2.45. The van der Waals surface area contributed by atoms with Gasteiger partial charge in [0.05, 0.1) is 18.2 Å². The maximum atomic E-state index is 13.5. The van der Waals surface area contributed by atoms with Crippen molar-refractivity contribution in [3.8, 4) is 11.4 Å². The van der Waals surface area contributed by atoms with Crippen LogP contribution in [-0.2, 0) is 28.8 Å². The zero-order valence-electron chi connectivity index (χ0n) is 18.7. The van der Waals surface area contributed by atoms with Gasteiger partial charge >= 0.3 is 12.1 Å². The SMILES string of the molecule is CNC(CC(=O)O)C(=O)N1CCc2cc(OCc3cc(C(F)(F)F)n(-c4ccccc4)n3)ccc21. The van der Waals surface area contributed by atoms with E-state index in [2.05, 4.69) is 10.4 Å². The number of aromatic nitrogens is 2. The van der Waals surface area contributed by atoms with Crippen LogP contribution in [0, 0.1) is 0 Å². The summed E-state index contributed by atoms with van der Waals surface area (Å²) in [6, 6.07) is 13.2. The van der Waals surface area contributed by atoms with E-state index in [0.717, 1.165) is 16.3 Å². The molecule has 1 atom stereocenters. The number of para-hydroxylation sites is 1. The number of likely N-dealkylation sites (N-methyl/N-ethyl adjacent to an activating group) is 1. The van der Waals surface area contributed by atoms with E-state index in [4.69, 9.17) is 9.84 Å². The highest BCUT2D eigenvalue weighted by Crippen LogP contribution is 2.34. The summed E-state index contributed by atoms with van der Waals surface area (Å²) in [7, 11) is 1.53. The van der Waals surface area contributed by atoms with Gasteiger partial charge in [-0.15, -0.1) is 0 Å². The first-order valence-electron chi connectivity index (χ1n) is 10.8. The zero-order valence-corrected chi connectivity index (χ0v) is 18.7. The maximum absolute atomic E-state index is 13.5. The molecular weight excluding hydrogens is 465 g/mol. The number of nitrogens with one attached hydrogen (secondary N) is 1. The molecule has 2 heterocycles. The number of nitrogens with zero attached hydrogens (tertiary/aromatic N) is 3. The van der Waals surface area contributed by atoms with Crippen LogP contribution in [0.4, 0.5) is 18.9 Å². The van der Waals surface area contributed by atoms with Crippen molar-refractivity contribution in [3.05, 3.63) is 71.5 Å². The van der Waals surface area contributed by atoms with E-state index in [9.17, 15) is 22.8 Å². The Morgan fingerprint density at radius 1 is 1.17 bits per heavy atom. The van der Waals surface area contributed by atoms with Gasteiger partial charge in [-0.05, 0) is 55.4 Å². The quantitative estimate of drug-likeness (QED) is 0.505. The van der Waals surface area contributed by atoms with Crippen LogP contribution in [0.25, 0.3) is 5.69 Å². The number of anilines is 1. The van der Waals surface area contributed by atoms with Gasteiger partial charge in [0.15, 0.2) is 0 Å². The van der Waals surface area contributed by atoms with Crippen molar-refractivity contribution in [1.29, 1.82) is 0 Å². The van der Waals surface area contributed by atoms with Gasteiger partial charge in [0.2, 0.25) is 5.91 Å². The Bertz CT molecular complexity index is 1230. The van der Waals surface area contributed by atoms with Crippen LogP contribution in [0.2, 0.25) is 0 Å². The number of ether oxygens (including phenoxy) is 1. The molecule has 0 radical (unpaired) electrons. The summed E-state index contributed by atoms with van der Waals surface area (Å²) in [5, 5.41) is 15.8. The highest BCUT2D eigenvalue weighted by atomic mass is 19.4. The number of fused-ring (bicyclic) bond motifs is 1. The molecule has 1 unspecified atom stereocenters. The molecule has 0 fully saturated rings. The molecule has 0 spiro atoms. The van der Waals surface area contributed by atoms with Crippen molar-refractivity contribution in [2.75, 3.05) is 18.5 Å².